The maximum atomic E-state index is 13.5. The van der Waals surface area contributed by atoms with E-state index in [1.807, 2.05) is 55.5 Å². The summed E-state index contributed by atoms with van der Waals surface area (Å²) in [4.78, 5) is 3.79. The fourth-order valence-electron chi connectivity index (χ4n) is 3.64. The summed E-state index contributed by atoms with van der Waals surface area (Å²) in [7, 11) is 1.62. The third kappa shape index (κ3) is 4.72. The summed E-state index contributed by atoms with van der Waals surface area (Å²) in [6, 6.07) is 21.8. The van der Waals surface area contributed by atoms with Crippen LogP contribution in [0.3, 0.4) is 0 Å². The number of aryl methyl sites for hydroxylation is 2. The van der Waals surface area contributed by atoms with Gasteiger partial charge in [-0.05, 0) is 60.9 Å². The molecule has 0 spiro atoms. The van der Waals surface area contributed by atoms with Crippen molar-refractivity contribution >= 4 is 11.0 Å². The molecule has 0 saturated carbocycles. The van der Waals surface area contributed by atoms with Gasteiger partial charge in [0.2, 0.25) is 5.82 Å². The molecule has 3 aromatic carbocycles. The van der Waals surface area contributed by atoms with E-state index in [9.17, 15) is 13.2 Å². The fourth-order valence-corrected chi connectivity index (χ4v) is 3.64. The van der Waals surface area contributed by atoms with Crippen LogP contribution in [0.5, 0.6) is 11.5 Å². The van der Waals surface area contributed by atoms with Crippen molar-refractivity contribution in [2.75, 3.05) is 7.11 Å². The monoisotopic (exact) mass is 440 g/mol. The first-order valence-corrected chi connectivity index (χ1v) is 10.3. The van der Waals surface area contributed by atoms with Crippen molar-refractivity contribution in [3.8, 4) is 11.5 Å². The van der Waals surface area contributed by atoms with Crippen molar-refractivity contribution in [2.24, 2.45) is 0 Å². The van der Waals surface area contributed by atoms with Crippen LogP contribution in [0.4, 0.5) is 13.2 Å². The number of aromatic nitrogens is 2. The number of fused-ring (bicyclic) bond motifs is 1. The number of halogens is 3. The summed E-state index contributed by atoms with van der Waals surface area (Å²) < 4.78 is 52.8. The molecule has 166 valence electrons. The largest absolute Gasteiger partial charge is 0.497 e. The highest BCUT2D eigenvalue weighted by Gasteiger charge is 2.37. The molecule has 0 N–H and O–H groups in total. The van der Waals surface area contributed by atoms with Crippen molar-refractivity contribution in [3.05, 3.63) is 89.7 Å². The molecule has 32 heavy (non-hydrogen) atoms. The Balaban J connectivity index is 1.44. The van der Waals surface area contributed by atoms with E-state index in [1.54, 1.807) is 31.4 Å². The predicted molar refractivity (Wildman–Crippen MR) is 117 cm³/mol. The number of ether oxygens (including phenoxy) is 2. The summed E-state index contributed by atoms with van der Waals surface area (Å²) in [6.07, 6.45) is -4.22. The topological polar surface area (TPSA) is 36.3 Å². The van der Waals surface area contributed by atoms with Crippen LogP contribution in [0.2, 0.25) is 0 Å². The van der Waals surface area contributed by atoms with Crippen molar-refractivity contribution in [1.29, 1.82) is 0 Å². The molecule has 1 atom stereocenters. The quantitative estimate of drug-likeness (QED) is 0.332. The van der Waals surface area contributed by atoms with Gasteiger partial charge in [0.05, 0.1) is 18.1 Å². The summed E-state index contributed by atoms with van der Waals surface area (Å²) in [6.45, 7) is 2.14. The van der Waals surface area contributed by atoms with E-state index < -0.39 is 12.0 Å². The van der Waals surface area contributed by atoms with E-state index in [1.165, 1.54) is 4.57 Å². The van der Waals surface area contributed by atoms with Gasteiger partial charge >= 0.3 is 6.18 Å². The molecule has 4 aromatic rings. The minimum Gasteiger partial charge on any atom is -0.497 e. The molecule has 0 bridgehead atoms. The number of nitrogens with zero attached hydrogens (tertiary/aromatic N) is 2. The maximum absolute atomic E-state index is 13.5. The van der Waals surface area contributed by atoms with Crippen LogP contribution < -0.4 is 9.47 Å². The lowest BCUT2D eigenvalue weighted by molar-refractivity contribution is -0.146. The molecule has 0 radical (unpaired) electrons. The van der Waals surface area contributed by atoms with Crippen LogP contribution in [0.1, 0.15) is 30.0 Å². The molecule has 7 heteroatoms. The first-order valence-electron chi connectivity index (χ1n) is 10.3. The molecule has 4 nitrogen and oxygen atoms in total. The van der Waals surface area contributed by atoms with Crippen molar-refractivity contribution in [1.82, 2.24) is 9.55 Å². The van der Waals surface area contributed by atoms with Crippen LogP contribution in [-0.2, 0) is 19.1 Å². The van der Waals surface area contributed by atoms with Gasteiger partial charge in [0.25, 0.3) is 0 Å². The number of hydrogen-bond donors (Lipinski definition) is 0. The van der Waals surface area contributed by atoms with Crippen LogP contribution in [-0.4, -0.2) is 16.7 Å². The van der Waals surface area contributed by atoms with Crippen molar-refractivity contribution in [3.63, 3.8) is 0 Å². The first kappa shape index (κ1) is 21.7. The average Bonchev–Trinajstić information content (AvgIpc) is 3.18. The van der Waals surface area contributed by atoms with Gasteiger partial charge in [0.15, 0.2) is 0 Å². The molecule has 0 aliphatic heterocycles. The molecule has 0 aliphatic rings. The van der Waals surface area contributed by atoms with E-state index in [0.29, 0.717) is 23.2 Å². The lowest BCUT2D eigenvalue weighted by atomic mass is 10.1. The Bertz CT molecular complexity index is 1180. The average molecular weight is 440 g/mol. The Kier molecular flexibility index (Phi) is 6.08. The highest BCUT2D eigenvalue weighted by atomic mass is 19.4. The maximum Gasteiger partial charge on any atom is 0.449 e. The second-order valence-corrected chi connectivity index (χ2v) is 7.50. The Morgan fingerprint density at radius 2 is 1.56 bits per heavy atom. The molecule has 4 rings (SSSR count). The van der Waals surface area contributed by atoms with Crippen LogP contribution in [0.25, 0.3) is 11.0 Å². The molecule has 1 unspecified atom stereocenters. The van der Waals surface area contributed by atoms with Crippen molar-refractivity contribution < 1.29 is 22.6 Å². The van der Waals surface area contributed by atoms with Crippen LogP contribution in [0.15, 0.2) is 72.8 Å². The van der Waals surface area contributed by atoms with E-state index in [-0.39, 0.29) is 12.6 Å². The highest BCUT2D eigenvalue weighted by molar-refractivity contribution is 5.76. The van der Waals surface area contributed by atoms with E-state index >= 15 is 0 Å². The molecule has 0 saturated heterocycles. The van der Waals surface area contributed by atoms with Crippen LogP contribution >= 0.6 is 0 Å². The summed E-state index contributed by atoms with van der Waals surface area (Å²) in [5, 5.41) is 0. The van der Waals surface area contributed by atoms with Crippen LogP contribution in [0, 0.1) is 0 Å². The number of rotatable bonds is 7. The third-order valence-corrected chi connectivity index (χ3v) is 5.35. The fraction of sp³-hybridized carbons (Fsp3) is 0.240. The lowest BCUT2D eigenvalue weighted by Gasteiger charge is -2.16. The molecular formula is C25H23F3N2O2. The number of imidazole rings is 1. The lowest BCUT2D eigenvalue weighted by Crippen LogP contribution is -2.16. The Morgan fingerprint density at radius 3 is 2.22 bits per heavy atom. The highest BCUT2D eigenvalue weighted by Crippen LogP contribution is 2.32. The van der Waals surface area contributed by atoms with Gasteiger partial charge in [-0.25, -0.2) is 4.98 Å². The van der Waals surface area contributed by atoms with E-state index in [4.69, 9.17) is 9.47 Å². The molecular weight excluding hydrogens is 417 g/mol. The summed E-state index contributed by atoms with van der Waals surface area (Å²) >= 11 is 0. The SMILES string of the molecule is COc1ccc(C(C)Oc2ccc(CCn3c(C(F)(F)F)nc4ccccc43)cc2)cc1. The Morgan fingerprint density at radius 1 is 0.906 bits per heavy atom. The predicted octanol–water partition coefficient (Wildman–Crippen LogP) is 6.45. The van der Waals surface area contributed by atoms with Gasteiger partial charge in [0.1, 0.15) is 17.6 Å². The van der Waals surface area contributed by atoms with Gasteiger partial charge < -0.3 is 14.0 Å². The molecule has 1 heterocycles. The second-order valence-electron chi connectivity index (χ2n) is 7.50. The normalized spacial score (nSPS) is 12.7. The minimum absolute atomic E-state index is 0.154. The van der Waals surface area contributed by atoms with Gasteiger partial charge in [-0.2, -0.15) is 13.2 Å². The summed E-state index contributed by atoms with van der Waals surface area (Å²) in [5.74, 6) is 0.609. The van der Waals surface area contributed by atoms with Gasteiger partial charge in [0, 0.05) is 6.54 Å². The molecule has 0 aliphatic carbocycles. The Labute approximate surface area is 184 Å². The Hall–Kier alpha value is -3.48. The number of hydrogen-bond acceptors (Lipinski definition) is 3. The first-order chi connectivity index (χ1) is 15.3. The van der Waals surface area contributed by atoms with E-state index in [0.717, 1.165) is 16.9 Å². The number of para-hydroxylation sites is 2. The molecule has 0 fully saturated rings. The number of alkyl halides is 3. The van der Waals surface area contributed by atoms with E-state index in [2.05, 4.69) is 4.98 Å². The zero-order valence-corrected chi connectivity index (χ0v) is 17.8. The summed E-state index contributed by atoms with van der Waals surface area (Å²) in [5.41, 5.74) is 2.76. The van der Waals surface area contributed by atoms with Gasteiger partial charge in [-0.3, -0.25) is 0 Å². The standard InChI is InChI=1S/C25H23F3N2O2/c1-17(19-9-13-20(31-2)14-10-19)32-21-11-7-18(8-12-21)15-16-30-23-6-4-3-5-22(23)29-24(30)25(26,27)28/h3-14,17H,15-16H2,1-2H3. The molecule has 0 amide bonds. The number of benzene rings is 3. The zero-order valence-electron chi connectivity index (χ0n) is 17.8. The second kappa shape index (κ2) is 8.94. The van der Waals surface area contributed by atoms with Gasteiger partial charge in [-0.1, -0.05) is 36.4 Å². The van der Waals surface area contributed by atoms with Gasteiger partial charge in [-0.15, -0.1) is 0 Å². The minimum atomic E-state index is -4.51. The molecule has 1 aromatic heterocycles. The zero-order chi connectivity index (χ0) is 22.7. The van der Waals surface area contributed by atoms with Crippen molar-refractivity contribution in [2.45, 2.75) is 32.2 Å². The number of methoxy groups -OCH3 is 1. The third-order valence-electron chi connectivity index (χ3n) is 5.35. The smallest absolute Gasteiger partial charge is 0.449 e.